The molecule has 1 aromatic rings. The number of piperidine rings is 1. The second-order valence-electron chi connectivity index (χ2n) is 8.58. The molecule has 0 spiro atoms. The van der Waals surface area contributed by atoms with Crippen molar-refractivity contribution >= 4 is 10.0 Å². The topological polar surface area (TPSA) is 62.8 Å². The van der Waals surface area contributed by atoms with E-state index < -0.39 is 10.0 Å². The van der Waals surface area contributed by atoms with Gasteiger partial charge in [0.1, 0.15) is 0 Å². The highest BCUT2D eigenvalue weighted by molar-refractivity contribution is 7.89. The first-order valence-corrected chi connectivity index (χ1v) is 9.77. The first kappa shape index (κ1) is 18.4. The molecule has 0 saturated carbocycles. The Labute approximate surface area is 141 Å². The molecule has 0 bridgehead atoms. The minimum atomic E-state index is -3.50. The van der Waals surface area contributed by atoms with E-state index in [0.717, 1.165) is 29.5 Å². The van der Waals surface area contributed by atoms with Crippen LogP contribution in [-0.2, 0) is 10.0 Å². The lowest BCUT2D eigenvalue weighted by molar-refractivity contribution is -0.787. The van der Waals surface area contributed by atoms with Crippen molar-refractivity contribution in [3.8, 4) is 0 Å². The SMILES string of the molecule is Cc1cc(C)c(S(=O)(=O)NC2CC(C)(C)[NH2+]C(C)(C)C2)c(C)c1. The highest BCUT2D eigenvalue weighted by Gasteiger charge is 2.43. The molecule has 1 saturated heterocycles. The summed E-state index contributed by atoms with van der Waals surface area (Å²) in [7, 11) is -3.50. The molecule has 0 aromatic heterocycles. The van der Waals surface area contributed by atoms with Crippen LogP contribution in [0.1, 0.15) is 57.2 Å². The Morgan fingerprint density at radius 3 is 1.87 bits per heavy atom. The van der Waals surface area contributed by atoms with Crippen molar-refractivity contribution < 1.29 is 13.7 Å². The maximum atomic E-state index is 13.0. The van der Waals surface area contributed by atoms with Crippen LogP contribution in [0.4, 0.5) is 0 Å². The largest absolute Gasteiger partial charge is 0.337 e. The lowest BCUT2D eigenvalue weighted by Gasteiger charge is -2.43. The molecule has 23 heavy (non-hydrogen) atoms. The number of hydrogen-bond acceptors (Lipinski definition) is 2. The molecule has 0 radical (unpaired) electrons. The van der Waals surface area contributed by atoms with E-state index in [-0.39, 0.29) is 17.1 Å². The molecular weight excluding hydrogens is 308 g/mol. The van der Waals surface area contributed by atoms with Gasteiger partial charge in [-0.3, -0.25) is 0 Å². The van der Waals surface area contributed by atoms with Crippen LogP contribution in [0, 0.1) is 20.8 Å². The maximum absolute atomic E-state index is 13.0. The number of benzene rings is 1. The van der Waals surface area contributed by atoms with Gasteiger partial charge in [0.05, 0.1) is 16.0 Å². The summed E-state index contributed by atoms with van der Waals surface area (Å²) >= 11 is 0. The molecule has 1 heterocycles. The fraction of sp³-hybridized carbons (Fsp3) is 0.667. The number of sulfonamides is 1. The monoisotopic (exact) mass is 339 g/mol. The Bertz CT molecular complexity index is 667. The Morgan fingerprint density at radius 2 is 1.43 bits per heavy atom. The molecule has 0 unspecified atom stereocenters. The van der Waals surface area contributed by atoms with Gasteiger partial charge in [0, 0.05) is 18.9 Å². The summed E-state index contributed by atoms with van der Waals surface area (Å²) in [6, 6.07) is 3.84. The summed E-state index contributed by atoms with van der Waals surface area (Å²) in [5.74, 6) is 0. The number of quaternary nitrogens is 1. The molecule has 2 rings (SSSR count). The molecule has 4 nitrogen and oxygen atoms in total. The lowest BCUT2D eigenvalue weighted by atomic mass is 9.80. The Hall–Kier alpha value is -0.910. The second-order valence-corrected chi connectivity index (χ2v) is 10.2. The summed E-state index contributed by atoms with van der Waals surface area (Å²) in [6.07, 6.45) is 1.67. The molecule has 1 aromatic carbocycles. The number of aryl methyl sites for hydroxylation is 3. The molecular formula is C18H31N2O2S+. The van der Waals surface area contributed by atoms with E-state index in [0.29, 0.717) is 4.90 Å². The van der Waals surface area contributed by atoms with Crippen molar-refractivity contribution in [2.75, 3.05) is 0 Å². The van der Waals surface area contributed by atoms with E-state index in [1.165, 1.54) is 0 Å². The second kappa shape index (κ2) is 5.87. The average molecular weight is 340 g/mol. The van der Waals surface area contributed by atoms with Crippen LogP contribution < -0.4 is 10.0 Å². The quantitative estimate of drug-likeness (QED) is 0.886. The third kappa shape index (κ3) is 4.34. The maximum Gasteiger partial charge on any atom is 0.241 e. The Balaban J connectivity index is 2.32. The molecule has 1 aliphatic rings. The standard InChI is InChI=1S/C18H30N2O2S/c1-12-8-13(2)16(14(3)9-12)23(21,22)19-15-10-17(4,5)20-18(6,7)11-15/h8-9,15,19-20H,10-11H2,1-7H3/p+1. The van der Waals surface area contributed by atoms with E-state index >= 15 is 0 Å². The first-order valence-electron chi connectivity index (χ1n) is 8.29. The molecule has 0 aliphatic carbocycles. The molecule has 5 heteroatoms. The third-order valence-electron chi connectivity index (χ3n) is 4.52. The number of rotatable bonds is 3. The van der Waals surface area contributed by atoms with Gasteiger partial charge in [-0.25, -0.2) is 13.1 Å². The lowest BCUT2D eigenvalue weighted by Crippen LogP contribution is -3.06. The first-order chi connectivity index (χ1) is 10.3. The average Bonchev–Trinajstić information content (AvgIpc) is 2.19. The van der Waals surface area contributed by atoms with E-state index in [1.54, 1.807) is 0 Å². The van der Waals surface area contributed by atoms with Crippen LogP contribution in [-0.4, -0.2) is 25.5 Å². The van der Waals surface area contributed by atoms with Gasteiger partial charge in [-0.05, 0) is 59.6 Å². The predicted octanol–water partition coefficient (Wildman–Crippen LogP) is 2.17. The van der Waals surface area contributed by atoms with Crippen LogP contribution in [0.3, 0.4) is 0 Å². The van der Waals surface area contributed by atoms with Crippen molar-refractivity contribution in [2.24, 2.45) is 0 Å². The smallest absolute Gasteiger partial charge is 0.241 e. The van der Waals surface area contributed by atoms with E-state index in [9.17, 15) is 8.42 Å². The van der Waals surface area contributed by atoms with Crippen molar-refractivity contribution in [1.82, 2.24) is 4.72 Å². The number of hydrogen-bond donors (Lipinski definition) is 2. The minimum absolute atomic E-state index is 0.0323. The van der Waals surface area contributed by atoms with Crippen molar-refractivity contribution in [3.05, 3.63) is 28.8 Å². The highest BCUT2D eigenvalue weighted by atomic mass is 32.2. The van der Waals surface area contributed by atoms with Crippen LogP contribution in [0.25, 0.3) is 0 Å². The fourth-order valence-corrected chi connectivity index (χ4v) is 6.16. The number of nitrogens with one attached hydrogen (secondary N) is 1. The van der Waals surface area contributed by atoms with Gasteiger partial charge in [-0.2, -0.15) is 0 Å². The summed E-state index contributed by atoms with van der Waals surface area (Å²) in [6.45, 7) is 14.4. The highest BCUT2D eigenvalue weighted by Crippen LogP contribution is 2.26. The van der Waals surface area contributed by atoms with E-state index in [1.807, 2.05) is 32.9 Å². The van der Waals surface area contributed by atoms with Crippen molar-refractivity contribution in [1.29, 1.82) is 0 Å². The molecule has 0 amide bonds. The van der Waals surface area contributed by atoms with Crippen LogP contribution in [0.15, 0.2) is 17.0 Å². The van der Waals surface area contributed by atoms with E-state index in [2.05, 4.69) is 37.7 Å². The molecule has 1 fully saturated rings. The van der Waals surface area contributed by atoms with Gasteiger partial charge in [-0.1, -0.05) is 17.7 Å². The number of nitrogens with two attached hydrogens (primary N) is 1. The third-order valence-corrected chi connectivity index (χ3v) is 6.35. The predicted molar refractivity (Wildman–Crippen MR) is 94.1 cm³/mol. The minimum Gasteiger partial charge on any atom is -0.337 e. The van der Waals surface area contributed by atoms with Crippen LogP contribution >= 0.6 is 0 Å². The van der Waals surface area contributed by atoms with Gasteiger partial charge in [0.15, 0.2) is 0 Å². The summed E-state index contributed by atoms with van der Waals surface area (Å²) in [5, 5.41) is 2.35. The molecule has 0 atom stereocenters. The van der Waals surface area contributed by atoms with E-state index in [4.69, 9.17) is 0 Å². The summed E-state index contributed by atoms with van der Waals surface area (Å²) in [5.41, 5.74) is 2.79. The Kier molecular flexibility index (Phi) is 4.70. The summed E-state index contributed by atoms with van der Waals surface area (Å²) in [4.78, 5) is 0.438. The fourth-order valence-electron chi connectivity index (χ4n) is 4.47. The molecule has 1 aliphatic heterocycles. The molecule has 130 valence electrons. The molecule has 3 N–H and O–H groups in total. The van der Waals surface area contributed by atoms with Gasteiger partial charge >= 0.3 is 0 Å². The van der Waals surface area contributed by atoms with Gasteiger partial charge in [0.25, 0.3) is 0 Å². The van der Waals surface area contributed by atoms with Crippen molar-refractivity contribution in [3.63, 3.8) is 0 Å². The van der Waals surface area contributed by atoms with Crippen LogP contribution in [0.5, 0.6) is 0 Å². The normalized spacial score (nSPS) is 21.3. The van der Waals surface area contributed by atoms with Gasteiger partial charge < -0.3 is 5.32 Å². The van der Waals surface area contributed by atoms with Crippen molar-refractivity contribution in [2.45, 2.75) is 83.3 Å². The van der Waals surface area contributed by atoms with Gasteiger partial charge in [-0.15, -0.1) is 0 Å². The summed E-state index contributed by atoms with van der Waals surface area (Å²) < 4.78 is 28.9. The Morgan fingerprint density at radius 1 is 1.00 bits per heavy atom. The zero-order chi connectivity index (χ0) is 17.6. The zero-order valence-electron chi connectivity index (χ0n) is 15.4. The van der Waals surface area contributed by atoms with Crippen LogP contribution in [0.2, 0.25) is 0 Å². The van der Waals surface area contributed by atoms with Gasteiger partial charge in [0.2, 0.25) is 10.0 Å². The zero-order valence-corrected chi connectivity index (χ0v) is 16.3.